The van der Waals surface area contributed by atoms with Crippen molar-refractivity contribution in [2.75, 3.05) is 26.5 Å². The maximum atomic E-state index is 12.8. The Bertz CT molecular complexity index is 1060. The molecule has 0 radical (unpaired) electrons. The van der Waals surface area contributed by atoms with Crippen LogP contribution >= 0.6 is 11.8 Å². The number of halogens is 3. The first kappa shape index (κ1) is 25.6. The van der Waals surface area contributed by atoms with E-state index in [0.29, 0.717) is 34.4 Å². The molecular weight excluding hydrogens is 469 g/mol. The summed E-state index contributed by atoms with van der Waals surface area (Å²) in [4.78, 5) is 16.6. The van der Waals surface area contributed by atoms with E-state index in [2.05, 4.69) is 22.4 Å². The van der Waals surface area contributed by atoms with Gasteiger partial charge in [-0.25, -0.2) is 13.4 Å². The Hall–Kier alpha value is -2.65. The molecule has 1 N–H and O–H groups in total. The summed E-state index contributed by atoms with van der Waals surface area (Å²) in [7, 11) is -1.39. The van der Waals surface area contributed by atoms with Crippen LogP contribution in [-0.2, 0) is 20.8 Å². The minimum atomic E-state index is -4.65. The fourth-order valence-corrected chi connectivity index (χ4v) is 4.43. The van der Waals surface area contributed by atoms with E-state index in [1.807, 2.05) is 0 Å². The second-order valence-corrected chi connectivity index (χ2v) is 10.4. The number of amides is 1. The standard InChI is InChI=1S/C20H21F3N2O5S2/c1-19(2,32(27,28)17-8-5-13(12-25-17)20(21,22)23)18(26)24-9-10-31-14-6-7-15(29-3)16(11-14)30-4/h5,8,11-12H,9-10H2,1-4H3,(H,24,26). The third-order valence-electron chi connectivity index (χ3n) is 4.41. The first-order valence-corrected chi connectivity index (χ1v) is 11.6. The molecule has 0 bridgehead atoms. The Kier molecular flexibility index (Phi) is 7.90. The number of carbonyl (C=O) groups excluding carboxylic acids is 1. The summed E-state index contributed by atoms with van der Waals surface area (Å²) in [6.07, 6.45) is -4.23. The zero-order chi connectivity index (χ0) is 24.2. The van der Waals surface area contributed by atoms with Crippen molar-refractivity contribution in [3.8, 4) is 11.5 Å². The van der Waals surface area contributed by atoms with E-state index in [4.69, 9.17) is 9.47 Å². The molecule has 2 rings (SSSR count). The van der Waals surface area contributed by atoms with Gasteiger partial charge in [-0.15, -0.1) is 11.8 Å². The van der Waals surface area contributed by atoms with Crippen LogP contribution in [0.3, 0.4) is 0 Å². The first-order chi connectivity index (χ1) is 14.8. The summed E-state index contributed by atoms with van der Waals surface area (Å²) < 4.78 is 71.9. The van der Waals surface area contributed by atoms with Gasteiger partial charge < -0.3 is 14.8 Å². The number of nitrogens with zero attached hydrogens (tertiary/aromatic N) is 1. The van der Waals surface area contributed by atoms with E-state index in [1.54, 1.807) is 6.07 Å². The molecule has 0 fully saturated rings. The number of nitrogens with one attached hydrogen (secondary N) is 1. The monoisotopic (exact) mass is 490 g/mol. The van der Waals surface area contributed by atoms with Gasteiger partial charge in [0.2, 0.25) is 21.5 Å². The van der Waals surface area contributed by atoms with Gasteiger partial charge in [-0.3, -0.25) is 4.79 Å². The normalized spacial score (nSPS) is 12.1. The van der Waals surface area contributed by atoms with Crippen molar-refractivity contribution in [3.63, 3.8) is 0 Å². The van der Waals surface area contributed by atoms with Gasteiger partial charge in [0.15, 0.2) is 15.5 Å². The summed E-state index contributed by atoms with van der Waals surface area (Å²) in [5.74, 6) is 0.450. The predicted molar refractivity (Wildman–Crippen MR) is 111 cm³/mol. The lowest BCUT2D eigenvalue weighted by molar-refractivity contribution is -0.137. The van der Waals surface area contributed by atoms with Crippen LogP contribution in [0.2, 0.25) is 0 Å². The van der Waals surface area contributed by atoms with Gasteiger partial charge in [-0.05, 0) is 32.0 Å². The third kappa shape index (κ3) is 5.58. The highest BCUT2D eigenvalue weighted by Gasteiger charge is 2.44. The van der Waals surface area contributed by atoms with Gasteiger partial charge in [-0.2, -0.15) is 13.2 Å². The number of pyridine rings is 1. The Balaban J connectivity index is 2.01. The van der Waals surface area contributed by atoms with E-state index in [-0.39, 0.29) is 6.54 Å². The van der Waals surface area contributed by atoms with Gasteiger partial charge in [-0.1, -0.05) is 6.07 Å². The van der Waals surface area contributed by atoms with Crippen LogP contribution in [-0.4, -0.2) is 50.6 Å². The predicted octanol–water partition coefficient (Wildman–Crippen LogP) is 3.18. The van der Waals surface area contributed by atoms with Gasteiger partial charge in [0.05, 0.1) is 24.7 Å². The lowest BCUT2D eigenvalue weighted by Crippen LogP contribution is -2.48. The first-order valence-electron chi connectivity index (χ1n) is 9.09. The topological polar surface area (TPSA) is 94.6 Å². The van der Waals surface area contributed by atoms with Gasteiger partial charge in [0, 0.05) is 24.6 Å². The molecule has 1 amide bonds. The van der Waals surface area contributed by atoms with E-state index < -0.39 is 37.3 Å². The third-order valence-corrected chi connectivity index (χ3v) is 7.67. The molecule has 0 saturated carbocycles. The van der Waals surface area contributed by atoms with Crippen LogP contribution < -0.4 is 14.8 Å². The average Bonchev–Trinajstić information content (AvgIpc) is 2.75. The van der Waals surface area contributed by atoms with Crippen LogP contribution in [0.1, 0.15) is 19.4 Å². The van der Waals surface area contributed by atoms with Crippen molar-refractivity contribution < 1.29 is 35.9 Å². The van der Waals surface area contributed by atoms with Crippen molar-refractivity contribution in [3.05, 3.63) is 42.1 Å². The summed E-state index contributed by atoms with van der Waals surface area (Å²) in [5.41, 5.74) is -1.08. The lowest BCUT2D eigenvalue weighted by Gasteiger charge is -2.23. The highest BCUT2D eigenvalue weighted by molar-refractivity contribution is 7.99. The number of rotatable bonds is 9. The number of sulfone groups is 1. The number of methoxy groups -OCH3 is 2. The number of hydrogen-bond donors (Lipinski definition) is 1. The number of carbonyl (C=O) groups is 1. The maximum absolute atomic E-state index is 12.8. The molecule has 0 aliphatic rings. The van der Waals surface area contributed by atoms with Crippen molar-refractivity contribution in [1.82, 2.24) is 10.3 Å². The van der Waals surface area contributed by atoms with E-state index in [1.165, 1.54) is 39.8 Å². The summed E-state index contributed by atoms with van der Waals surface area (Å²) in [6, 6.07) is 8.71. The molecule has 1 aromatic carbocycles. The smallest absolute Gasteiger partial charge is 0.417 e. The molecule has 1 aromatic heterocycles. The Morgan fingerprint density at radius 3 is 2.41 bits per heavy atom. The second kappa shape index (κ2) is 9.87. The van der Waals surface area contributed by atoms with Crippen LogP contribution in [0.4, 0.5) is 13.2 Å². The molecular formula is C20H21F3N2O5S2. The number of thioether (sulfide) groups is 1. The van der Waals surface area contributed by atoms with E-state index >= 15 is 0 Å². The number of alkyl halides is 3. The molecule has 0 unspecified atom stereocenters. The van der Waals surface area contributed by atoms with Crippen LogP contribution in [0.5, 0.6) is 11.5 Å². The molecule has 174 valence electrons. The van der Waals surface area contributed by atoms with E-state index in [9.17, 15) is 26.4 Å². The highest BCUT2D eigenvalue weighted by Crippen LogP contribution is 2.31. The second-order valence-electron chi connectivity index (χ2n) is 6.86. The highest BCUT2D eigenvalue weighted by atomic mass is 32.2. The van der Waals surface area contributed by atoms with Crippen LogP contribution in [0, 0.1) is 12.1 Å². The Morgan fingerprint density at radius 1 is 1.19 bits per heavy atom. The van der Waals surface area contributed by atoms with Gasteiger partial charge >= 0.3 is 6.18 Å². The number of aromatic nitrogens is 1. The minimum Gasteiger partial charge on any atom is -0.492 e. The lowest BCUT2D eigenvalue weighted by atomic mass is 10.2. The maximum Gasteiger partial charge on any atom is 0.417 e. The molecule has 0 spiro atoms. The minimum absolute atomic E-state index is 0.130. The fraction of sp³-hybridized carbons (Fsp3) is 0.400. The molecule has 1 heterocycles. The van der Waals surface area contributed by atoms with E-state index in [0.717, 1.165) is 6.07 Å². The number of ether oxygens (including phenoxy) is 2. The largest absolute Gasteiger partial charge is 0.492 e. The molecule has 0 aliphatic carbocycles. The average molecular weight is 491 g/mol. The van der Waals surface area contributed by atoms with Crippen molar-refractivity contribution in [2.24, 2.45) is 0 Å². The molecule has 0 saturated heterocycles. The summed E-state index contributed by atoms with van der Waals surface area (Å²) in [6.45, 7) is 2.47. The molecule has 2 aromatic rings. The zero-order valence-electron chi connectivity index (χ0n) is 17.7. The van der Waals surface area contributed by atoms with Crippen molar-refractivity contribution >= 4 is 27.5 Å². The van der Waals surface area contributed by atoms with Gasteiger partial charge in [0.1, 0.15) is 0 Å². The van der Waals surface area contributed by atoms with Gasteiger partial charge in [0.25, 0.3) is 0 Å². The van der Waals surface area contributed by atoms with Crippen LogP contribution in [0.25, 0.3) is 0 Å². The quantitative estimate of drug-likeness (QED) is 0.426. The molecule has 7 nitrogen and oxygen atoms in total. The Morgan fingerprint density at radius 2 is 1.88 bits per heavy atom. The summed E-state index contributed by atoms with van der Waals surface area (Å²) in [5, 5.41) is 1.91. The Labute approximate surface area is 188 Å². The molecule has 12 heteroatoms. The fourth-order valence-electron chi connectivity index (χ4n) is 2.41. The SMILES string of the molecule is COc1c#cc(SCCNC(=O)C(C)(C)S(=O)(=O)c2ccc(C(F)(F)F)cn2)cc1OC. The van der Waals surface area contributed by atoms with Crippen molar-refractivity contribution in [2.45, 2.75) is 34.7 Å². The zero-order valence-corrected chi connectivity index (χ0v) is 19.3. The van der Waals surface area contributed by atoms with Crippen molar-refractivity contribution in [1.29, 1.82) is 0 Å². The molecule has 0 atom stereocenters. The molecule has 0 aliphatic heterocycles. The van der Waals surface area contributed by atoms with Crippen LogP contribution in [0.15, 0.2) is 34.3 Å². The number of hydrogen-bond acceptors (Lipinski definition) is 7. The molecule has 32 heavy (non-hydrogen) atoms. The summed E-state index contributed by atoms with van der Waals surface area (Å²) >= 11 is 1.32.